The minimum atomic E-state index is -1.04. The number of phenols is 1. The molecule has 26 heavy (non-hydrogen) atoms. The molecule has 0 aromatic heterocycles. The van der Waals surface area contributed by atoms with Crippen molar-refractivity contribution in [3.05, 3.63) is 64.2 Å². The summed E-state index contributed by atoms with van der Waals surface area (Å²) < 4.78 is 0. The van der Waals surface area contributed by atoms with Crippen LogP contribution in [0.2, 0.25) is 0 Å². The average Bonchev–Trinajstić information content (AvgIpc) is 3.03. The molecule has 2 aliphatic carbocycles. The number of hydrogen-bond donors (Lipinski definition) is 2. The predicted octanol–water partition coefficient (Wildman–Crippen LogP) is 5.36. The van der Waals surface area contributed by atoms with E-state index in [2.05, 4.69) is 32.0 Å². The van der Waals surface area contributed by atoms with Crippen molar-refractivity contribution in [2.45, 2.75) is 50.9 Å². The van der Waals surface area contributed by atoms with Gasteiger partial charge in [-0.25, -0.2) is 4.79 Å². The summed E-state index contributed by atoms with van der Waals surface area (Å²) in [6.07, 6.45) is 5.67. The Bertz CT molecular complexity index is 956. The first kappa shape index (κ1) is 16.9. The van der Waals surface area contributed by atoms with E-state index in [-0.39, 0.29) is 16.7 Å². The monoisotopic (exact) mass is 348 g/mol. The number of phenolic OH excluding ortho intramolecular Hbond substituents is 1. The fourth-order valence-electron chi connectivity index (χ4n) is 4.98. The van der Waals surface area contributed by atoms with Crippen LogP contribution >= 0.6 is 0 Å². The molecular weight excluding hydrogens is 324 g/mol. The van der Waals surface area contributed by atoms with E-state index in [1.54, 1.807) is 6.07 Å². The largest absolute Gasteiger partial charge is 0.507 e. The molecular formula is C23H24O3. The zero-order chi connectivity index (χ0) is 18.7. The van der Waals surface area contributed by atoms with Crippen molar-refractivity contribution in [3.63, 3.8) is 0 Å². The summed E-state index contributed by atoms with van der Waals surface area (Å²) in [5.41, 5.74) is 6.51. The van der Waals surface area contributed by atoms with Crippen LogP contribution in [0.1, 0.15) is 72.6 Å². The van der Waals surface area contributed by atoms with Gasteiger partial charge < -0.3 is 10.2 Å². The molecule has 0 spiro atoms. The number of carbonyl (C=O) groups is 1. The van der Waals surface area contributed by atoms with Crippen molar-refractivity contribution in [1.29, 1.82) is 0 Å². The molecule has 2 aromatic rings. The lowest BCUT2D eigenvalue weighted by atomic mass is 9.77. The quantitative estimate of drug-likeness (QED) is 0.734. The third kappa shape index (κ3) is 2.45. The Morgan fingerprint density at radius 1 is 1.00 bits per heavy atom. The minimum Gasteiger partial charge on any atom is -0.507 e. The summed E-state index contributed by atoms with van der Waals surface area (Å²) in [6, 6.07) is 11.2. The number of benzene rings is 2. The summed E-state index contributed by atoms with van der Waals surface area (Å²) in [5, 5.41) is 19.2. The van der Waals surface area contributed by atoms with Crippen LogP contribution in [-0.2, 0) is 10.8 Å². The van der Waals surface area contributed by atoms with Crippen LogP contribution in [0.15, 0.2) is 36.4 Å². The van der Waals surface area contributed by atoms with Gasteiger partial charge in [-0.15, -0.1) is 0 Å². The third-order valence-electron chi connectivity index (χ3n) is 6.43. The van der Waals surface area contributed by atoms with Crippen molar-refractivity contribution in [3.8, 4) is 5.75 Å². The average molecular weight is 348 g/mol. The molecule has 2 aromatic carbocycles. The molecule has 2 atom stereocenters. The lowest BCUT2D eigenvalue weighted by Crippen LogP contribution is -2.18. The first-order valence-corrected chi connectivity index (χ1v) is 9.12. The van der Waals surface area contributed by atoms with Gasteiger partial charge in [0.1, 0.15) is 5.75 Å². The second kappa shape index (κ2) is 5.47. The van der Waals surface area contributed by atoms with Crippen LogP contribution in [0.25, 0.3) is 11.6 Å². The number of hydrogen-bond acceptors (Lipinski definition) is 2. The zero-order valence-electron chi connectivity index (χ0n) is 15.5. The fraction of sp³-hybridized carbons (Fsp3) is 0.348. The van der Waals surface area contributed by atoms with Gasteiger partial charge in [0, 0.05) is 5.56 Å². The van der Waals surface area contributed by atoms with Crippen LogP contribution in [0.4, 0.5) is 0 Å². The van der Waals surface area contributed by atoms with Crippen LogP contribution in [0, 0.1) is 0 Å². The summed E-state index contributed by atoms with van der Waals surface area (Å²) in [6.45, 7) is 6.79. The van der Waals surface area contributed by atoms with Gasteiger partial charge in [0.05, 0.1) is 5.56 Å². The number of allylic oxidation sites excluding steroid dienone is 1. The standard InChI is InChI=1S/C23H24O3/c1-14(10-16-4-5-17(21(25)26)12-20(16)24)15-6-7-18-19(11-15)23(3)9-8-22(18,2)13-23/h4-7,10-12,24H,8-9,13H2,1-3H3,(H,25,26)/b14-10-. The van der Waals surface area contributed by atoms with Crippen molar-refractivity contribution in [2.75, 3.05) is 0 Å². The Balaban J connectivity index is 1.71. The Kier molecular flexibility index (Phi) is 3.56. The Morgan fingerprint density at radius 2 is 1.65 bits per heavy atom. The number of carboxylic acids is 1. The smallest absolute Gasteiger partial charge is 0.335 e. The molecule has 2 bridgehead atoms. The van der Waals surface area contributed by atoms with E-state index >= 15 is 0 Å². The van der Waals surface area contributed by atoms with E-state index in [1.165, 1.54) is 42.5 Å². The number of fused-ring (bicyclic) bond motifs is 5. The van der Waals surface area contributed by atoms with E-state index < -0.39 is 5.97 Å². The van der Waals surface area contributed by atoms with Crippen LogP contribution in [-0.4, -0.2) is 16.2 Å². The van der Waals surface area contributed by atoms with Gasteiger partial charge in [0.15, 0.2) is 0 Å². The first-order valence-electron chi connectivity index (χ1n) is 9.12. The Labute approximate surface area is 154 Å². The molecule has 2 N–H and O–H groups in total. The molecule has 2 aliphatic rings. The summed E-state index contributed by atoms with van der Waals surface area (Å²) in [5.74, 6) is -1.05. The van der Waals surface area contributed by atoms with E-state index in [1.807, 2.05) is 13.0 Å². The number of rotatable bonds is 3. The van der Waals surface area contributed by atoms with Gasteiger partial charge in [-0.05, 0) is 77.5 Å². The highest BCUT2D eigenvalue weighted by Crippen LogP contribution is 2.60. The molecule has 0 saturated heterocycles. The van der Waals surface area contributed by atoms with Gasteiger partial charge in [0.25, 0.3) is 0 Å². The highest BCUT2D eigenvalue weighted by atomic mass is 16.4. The number of carboxylic acid groups (broad SMARTS) is 1. The molecule has 3 heteroatoms. The lowest BCUT2D eigenvalue weighted by Gasteiger charge is -2.27. The molecule has 0 radical (unpaired) electrons. The van der Waals surface area contributed by atoms with Crippen molar-refractivity contribution in [1.82, 2.24) is 0 Å². The van der Waals surface area contributed by atoms with E-state index in [9.17, 15) is 9.90 Å². The highest BCUT2D eigenvalue weighted by Gasteiger charge is 2.52. The molecule has 1 saturated carbocycles. The molecule has 4 rings (SSSR count). The van der Waals surface area contributed by atoms with E-state index in [0.717, 1.165) is 11.1 Å². The van der Waals surface area contributed by atoms with Crippen LogP contribution in [0.5, 0.6) is 5.75 Å². The minimum absolute atomic E-state index is 0.0102. The van der Waals surface area contributed by atoms with Gasteiger partial charge >= 0.3 is 5.97 Å². The van der Waals surface area contributed by atoms with Crippen molar-refractivity contribution in [2.24, 2.45) is 0 Å². The number of aromatic hydroxyl groups is 1. The maximum absolute atomic E-state index is 11.0. The molecule has 1 fully saturated rings. The molecule has 134 valence electrons. The van der Waals surface area contributed by atoms with Crippen molar-refractivity contribution >= 4 is 17.6 Å². The van der Waals surface area contributed by atoms with Gasteiger partial charge in [-0.2, -0.15) is 0 Å². The normalized spacial score (nSPS) is 26.8. The zero-order valence-corrected chi connectivity index (χ0v) is 15.5. The first-order chi connectivity index (χ1) is 12.2. The summed E-state index contributed by atoms with van der Waals surface area (Å²) >= 11 is 0. The van der Waals surface area contributed by atoms with Gasteiger partial charge in [-0.1, -0.05) is 38.1 Å². The second-order valence-electron chi connectivity index (χ2n) is 8.46. The second-order valence-corrected chi connectivity index (χ2v) is 8.46. The molecule has 2 unspecified atom stereocenters. The molecule has 3 nitrogen and oxygen atoms in total. The lowest BCUT2D eigenvalue weighted by molar-refractivity contribution is 0.0696. The van der Waals surface area contributed by atoms with Gasteiger partial charge in [-0.3, -0.25) is 0 Å². The Hall–Kier alpha value is -2.55. The van der Waals surface area contributed by atoms with E-state index in [0.29, 0.717) is 11.0 Å². The highest BCUT2D eigenvalue weighted by molar-refractivity contribution is 5.90. The topological polar surface area (TPSA) is 57.5 Å². The SMILES string of the molecule is C/C(=C/c1ccc(C(=O)O)cc1O)c1ccc2c(c1)C1(C)CCC2(C)C1. The maximum Gasteiger partial charge on any atom is 0.335 e. The summed E-state index contributed by atoms with van der Waals surface area (Å²) in [7, 11) is 0. The van der Waals surface area contributed by atoms with Crippen molar-refractivity contribution < 1.29 is 15.0 Å². The van der Waals surface area contributed by atoms with Crippen LogP contribution < -0.4 is 0 Å². The fourth-order valence-corrected chi connectivity index (χ4v) is 4.98. The molecule has 0 aliphatic heterocycles. The molecule has 0 heterocycles. The maximum atomic E-state index is 11.0. The molecule has 0 amide bonds. The third-order valence-corrected chi connectivity index (χ3v) is 6.43. The number of aromatic carboxylic acids is 1. The Morgan fingerprint density at radius 3 is 2.31 bits per heavy atom. The summed E-state index contributed by atoms with van der Waals surface area (Å²) in [4.78, 5) is 11.0. The van der Waals surface area contributed by atoms with E-state index in [4.69, 9.17) is 5.11 Å². The predicted molar refractivity (Wildman–Crippen MR) is 104 cm³/mol. The van der Waals surface area contributed by atoms with Gasteiger partial charge in [0.2, 0.25) is 0 Å². The van der Waals surface area contributed by atoms with Crippen LogP contribution in [0.3, 0.4) is 0 Å².